The highest BCUT2D eigenvalue weighted by Crippen LogP contribution is 2.54. The standard InChI is InChI=1S/C36H39O14P/c1-41-25-15-13-23(11-9-21-17-27(43-3)35(47-7)28(18-21)44-4)33(31(25)37)49-51(39,40)50-34-24(14-16-26(42-2)32(34)38)12-10-22-19-29(45-5)36(48-8)30(20-22)46-6/h9-20,37-38H,1-8H3,(H,39,40)/b11-9-,12-10-. The Balaban J connectivity index is 1.74. The smallest absolute Gasteiger partial charge is 0.502 e. The quantitative estimate of drug-likeness (QED) is 0.0792. The van der Waals surface area contributed by atoms with Crippen LogP contribution >= 0.6 is 7.82 Å². The molecule has 0 aromatic heterocycles. The van der Waals surface area contributed by atoms with Crippen LogP contribution in [0.2, 0.25) is 0 Å². The number of rotatable bonds is 16. The Morgan fingerprint density at radius 3 is 1.04 bits per heavy atom. The molecule has 0 radical (unpaired) electrons. The second kappa shape index (κ2) is 16.7. The summed E-state index contributed by atoms with van der Waals surface area (Å²) >= 11 is 0. The van der Waals surface area contributed by atoms with Gasteiger partial charge in [-0.15, -0.1) is 0 Å². The van der Waals surface area contributed by atoms with E-state index < -0.39 is 30.8 Å². The van der Waals surface area contributed by atoms with Crippen molar-refractivity contribution in [1.82, 2.24) is 0 Å². The number of phosphoric ester groups is 1. The lowest BCUT2D eigenvalue weighted by Gasteiger charge is -2.19. The van der Waals surface area contributed by atoms with Crippen molar-refractivity contribution in [3.63, 3.8) is 0 Å². The van der Waals surface area contributed by atoms with Crippen LogP contribution in [-0.4, -0.2) is 72.0 Å². The number of phosphoric acid groups is 1. The fourth-order valence-corrected chi connectivity index (χ4v) is 5.82. The highest BCUT2D eigenvalue weighted by Gasteiger charge is 2.32. The molecule has 3 N–H and O–H groups in total. The lowest BCUT2D eigenvalue weighted by molar-refractivity contribution is 0.275. The van der Waals surface area contributed by atoms with Crippen molar-refractivity contribution in [2.24, 2.45) is 0 Å². The Kier molecular flexibility index (Phi) is 12.4. The van der Waals surface area contributed by atoms with Gasteiger partial charge in [0.2, 0.25) is 23.0 Å². The molecular formula is C36H39O14P. The van der Waals surface area contributed by atoms with Gasteiger partial charge in [0.25, 0.3) is 0 Å². The van der Waals surface area contributed by atoms with E-state index in [0.29, 0.717) is 45.6 Å². The molecule has 0 aliphatic carbocycles. The molecule has 0 amide bonds. The Labute approximate surface area is 295 Å². The van der Waals surface area contributed by atoms with Crippen molar-refractivity contribution in [3.05, 3.63) is 70.8 Å². The monoisotopic (exact) mass is 726 g/mol. The minimum Gasteiger partial charge on any atom is -0.502 e. The minimum atomic E-state index is -5.18. The average molecular weight is 727 g/mol. The Hall–Kier alpha value is -5.85. The zero-order chi connectivity index (χ0) is 37.3. The molecule has 4 aromatic carbocycles. The van der Waals surface area contributed by atoms with Gasteiger partial charge >= 0.3 is 7.82 Å². The maximum absolute atomic E-state index is 13.6. The van der Waals surface area contributed by atoms with Gasteiger partial charge in [0.05, 0.1) is 56.9 Å². The third kappa shape index (κ3) is 8.48. The first-order valence-corrected chi connectivity index (χ1v) is 16.4. The fourth-order valence-electron chi connectivity index (χ4n) is 4.94. The number of phenols is 2. The van der Waals surface area contributed by atoms with Gasteiger partial charge < -0.3 is 57.2 Å². The van der Waals surface area contributed by atoms with Gasteiger partial charge in [-0.3, -0.25) is 4.89 Å². The van der Waals surface area contributed by atoms with E-state index in [0.717, 1.165) is 0 Å². The highest BCUT2D eigenvalue weighted by atomic mass is 31.2. The maximum Gasteiger partial charge on any atom is 0.585 e. The molecule has 0 saturated heterocycles. The summed E-state index contributed by atoms with van der Waals surface area (Å²) in [7, 11) is 6.31. The summed E-state index contributed by atoms with van der Waals surface area (Å²) < 4.78 is 67.4. The molecule has 0 bridgehead atoms. The Morgan fingerprint density at radius 2 is 0.765 bits per heavy atom. The molecule has 0 aliphatic rings. The predicted octanol–water partition coefficient (Wildman–Crippen LogP) is 7.07. The van der Waals surface area contributed by atoms with Gasteiger partial charge in [-0.2, -0.15) is 0 Å². The highest BCUT2D eigenvalue weighted by molar-refractivity contribution is 7.48. The number of phenolic OH excluding ortho intramolecular Hbond substituents is 2. The number of benzene rings is 4. The normalized spacial score (nSPS) is 11.3. The molecule has 0 aliphatic heterocycles. The number of ether oxygens (including phenoxy) is 8. The lowest BCUT2D eigenvalue weighted by Crippen LogP contribution is -2.03. The van der Waals surface area contributed by atoms with E-state index in [-0.39, 0.29) is 22.6 Å². The molecule has 14 nitrogen and oxygen atoms in total. The second-order valence-corrected chi connectivity index (χ2v) is 11.6. The molecular weight excluding hydrogens is 687 g/mol. The average Bonchev–Trinajstić information content (AvgIpc) is 3.14. The molecule has 0 saturated carbocycles. The van der Waals surface area contributed by atoms with E-state index in [1.165, 1.54) is 93.3 Å². The number of hydrogen-bond donors (Lipinski definition) is 3. The van der Waals surface area contributed by atoms with Crippen LogP contribution < -0.4 is 46.9 Å². The largest absolute Gasteiger partial charge is 0.585 e. The first kappa shape index (κ1) is 38.0. The summed E-state index contributed by atoms with van der Waals surface area (Å²) in [5.74, 6) is 0.209. The third-order valence-electron chi connectivity index (χ3n) is 7.39. The fraction of sp³-hybridized carbons (Fsp3) is 0.222. The first-order valence-electron chi connectivity index (χ1n) is 15.0. The molecule has 15 heteroatoms. The van der Waals surface area contributed by atoms with Crippen molar-refractivity contribution < 1.29 is 66.6 Å². The van der Waals surface area contributed by atoms with Crippen LogP contribution in [0.25, 0.3) is 24.3 Å². The summed E-state index contributed by atoms with van der Waals surface area (Å²) in [5, 5.41) is 22.0. The van der Waals surface area contributed by atoms with Crippen LogP contribution in [0.4, 0.5) is 0 Å². The van der Waals surface area contributed by atoms with E-state index in [4.69, 9.17) is 46.9 Å². The predicted molar refractivity (Wildman–Crippen MR) is 190 cm³/mol. The Bertz CT molecular complexity index is 1780. The summed E-state index contributed by atoms with van der Waals surface area (Å²) in [4.78, 5) is 11.1. The van der Waals surface area contributed by atoms with Gasteiger partial charge in [0, 0.05) is 11.1 Å². The number of hydrogen-bond acceptors (Lipinski definition) is 13. The summed E-state index contributed by atoms with van der Waals surface area (Å²) in [6.45, 7) is 0. The molecule has 0 heterocycles. The van der Waals surface area contributed by atoms with Crippen LogP contribution in [-0.2, 0) is 4.57 Å². The van der Waals surface area contributed by atoms with E-state index >= 15 is 0 Å². The molecule has 51 heavy (non-hydrogen) atoms. The van der Waals surface area contributed by atoms with Crippen molar-refractivity contribution >= 4 is 32.1 Å². The van der Waals surface area contributed by atoms with Gasteiger partial charge in [-0.05, 0) is 59.7 Å². The van der Waals surface area contributed by atoms with Gasteiger partial charge in [0.1, 0.15) is 0 Å². The van der Waals surface area contributed by atoms with Crippen molar-refractivity contribution in [1.29, 1.82) is 0 Å². The zero-order valence-electron chi connectivity index (χ0n) is 29.2. The summed E-state index contributed by atoms with van der Waals surface area (Å²) in [6, 6.07) is 12.6. The van der Waals surface area contributed by atoms with E-state index in [9.17, 15) is 19.7 Å². The second-order valence-electron chi connectivity index (χ2n) is 10.3. The zero-order valence-corrected chi connectivity index (χ0v) is 30.1. The number of methoxy groups -OCH3 is 8. The van der Waals surface area contributed by atoms with E-state index in [1.54, 1.807) is 36.4 Å². The van der Waals surface area contributed by atoms with Gasteiger partial charge in [-0.1, -0.05) is 24.3 Å². The van der Waals surface area contributed by atoms with Crippen LogP contribution in [0, 0.1) is 0 Å². The van der Waals surface area contributed by atoms with Crippen LogP contribution in [0.15, 0.2) is 48.5 Å². The van der Waals surface area contributed by atoms with Gasteiger partial charge in [0.15, 0.2) is 46.0 Å². The Morgan fingerprint density at radius 1 is 0.451 bits per heavy atom. The van der Waals surface area contributed by atoms with Crippen molar-refractivity contribution in [2.45, 2.75) is 0 Å². The topological polar surface area (TPSA) is 170 Å². The first-order chi connectivity index (χ1) is 24.5. The molecule has 0 atom stereocenters. The SMILES string of the molecule is COc1ccc(/C=C\c2cc(OC)c(OC)c(OC)c2)c(OP(=O)(O)Oc2c(/C=C\c3cc(OC)c(OC)c(OC)c3)ccc(OC)c2O)c1O. The minimum absolute atomic E-state index is 0.0480. The summed E-state index contributed by atoms with van der Waals surface area (Å²) in [5.41, 5.74) is 1.52. The molecule has 4 rings (SSSR count). The molecule has 0 fully saturated rings. The van der Waals surface area contributed by atoms with E-state index in [1.807, 2.05) is 0 Å². The van der Waals surface area contributed by atoms with Crippen molar-refractivity contribution in [2.75, 3.05) is 56.9 Å². The molecule has 0 spiro atoms. The molecule has 0 unspecified atom stereocenters. The third-order valence-corrected chi connectivity index (χ3v) is 8.21. The van der Waals surface area contributed by atoms with Crippen LogP contribution in [0.3, 0.4) is 0 Å². The summed E-state index contributed by atoms with van der Waals surface area (Å²) in [6.07, 6.45) is 6.29. The van der Waals surface area contributed by atoms with Crippen LogP contribution in [0.5, 0.6) is 69.0 Å². The molecule has 4 aromatic rings. The van der Waals surface area contributed by atoms with Gasteiger partial charge in [-0.25, -0.2) is 4.57 Å². The maximum atomic E-state index is 13.6. The van der Waals surface area contributed by atoms with E-state index in [2.05, 4.69) is 0 Å². The lowest BCUT2D eigenvalue weighted by atomic mass is 10.1. The molecule has 272 valence electrons. The number of aromatic hydroxyl groups is 2. The van der Waals surface area contributed by atoms with Crippen LogP contribution in [0.1, 0.15) is 22.3 Å². The van der Waals surface area contributed by atoms with Crippen molar-refractivity contribution in [3.8, 4) is 69.0 Å².